The molecule has 0 aliphatic heterocycles. The van der Waals surface area contributed by atoms with Gasteiger partial charge < -0.3 is 14.8 Å². The highest BCUT2D eigenvalue weighted by molar-refractivity contribution is 5.80. The summed E-state index contributed by atoms with van der Waals surface area (Å²) in [6.07, 6.45) is 1.66. The number of fused-ring (bicyclic) bond motifs is 1. The van der Waals surface area contributed by atoms with E-state index in [1.807, 2.05) is 32.0 Å². The quantitative estimate of drug-likeness (QED) is 0.665. The van der Waals surface area contributed by atoms with Crippen LogP contribution in [0.25, 0.3) is 10.9 Å². The standard InChI is InChI=1S/C22H25N3O4/c1-14-6-5-7-17-21(14)23-13-25(22(17)27)11-10-20(26)24-15(2)18-12-16(28-3)8-9-19(18)29-4/h5-9,12-13,15H,10-11H2,1-4H3,(H,24,26)/t15-/m0/s1. The van der Waals surface area contributed by atoms with Gasteiger partial charge in [0.15, 0.2) is 0 Å². The first-order chi connectivity index (χ1) is 13.9. The Morgan fingerprint density at radius 2 is 2.00 bits per heavy atom. The molecule has 0 aliphatic carbocycles. The molecule has 7 nitrogen and oxygen atoms in total. The molecule has 152 valence electrons. The highest BCUT2D eigenvalue weighted by Crippen LogP contribution is 2.29. The van der Waals surface area contributed by atoms with Gasteiger partial charge in [-0.1, -0.05) is 12.1 Å². The van der Waals surface area contributed by atoms with Crippen molar-refractivity contribution in [2.75, 3.05) is 14.2 Å². The minimum absolute atomic E-state index is 0.144. The summed E-state index contributed by atoms with van der Waals surface area (Å²) in [6, 6.07) is 10.7. The summed E-state index contributed by atoms with van der Waals surface area (Å²) in [4.78, 5) is 29.5. The normalized spacial score (nSPS) is 11.9. The highest BCUT2D eigenvalue weighted by Gasteiger charge is 2.16. The van der Waals surface area contributed by atoms with E-state index < -0.39 is 0 Å². The van der Waals surface area contributed by atoms with Crippen molar-refractivity contribution in [3.63, 3.8) is 0 Å². The Bertz CT molecular complexity index is 1090. The molecule has 0 radical (unpaired) electrons. The van der Waals surface area contributed by atoms with Gasteiger partial charge in [0.2, 0.25) is 5.91 Å². The minimum Gasteiger partial charge on any atom is -0.497 e. The molecule has 3 rings (SSSR count). The lowest BCUT2D eigenvalue weighted by Crippen LogP contribution is -2.29. The second kappa shape index (κ2) is 8.77. The van der Waals surface area contributed by atoms with Gasteiger partial charge in [-0.25, -0.2) is 4.98 Å². The third kappa shape index (κ3) is 4.39. The van der Waals surface area contributed by atoms with Crippen molar-refractivity contribution in [2.24, 2.45) is 0 Å². The molecule has 1 atom stereocenters. The fourth-order valence-electron chi connectivity index (χ4n) is 3.29. The second-order valence-corrected chi connectivity index (χ2v) is 6.86. The summed E-state index contributed by atoms with van der Waals surface area (Å²) in [5, 5.41) is 3.51. The fraction of sp³-hybridized carbons (Fsp3) is 0.318. The molecule has 29 heavy (non-hydrogen) atoms. The van der Waals surface area contributed by atoms with Crippen molar-refractivity contribution in [3.05, 3.63) is 64.2 Å². The van der Waals surface area contributed by atoms with E-state index in [2.05, 4.69) is 10.3 Å². The molecule has 0 fully saturated rings. The third-order valence-corrected chi connectivity index (χ3v) is 4.92. The number of rotatable bonds is 7. The number of amides is 1. The van der Waals surface area contributed by atoms with Crippen LogP contribution in [0.15, 0.2) is 47.5 Å². The Kier molecular flexibility index (Phi) is 6.16. The molecule has 1 heterocycles. The largest absolute Gasteiger partial charge is 0.497 e. The second-order valence-electron chi connectivity index (χ2n) is 6.86. The summed E-state index contributed by atoms with van der Waals surface area (Å²) >= 11 is 0. The number of hydrogen-bond acceptors (Lipinski definition) is 5. The van der Waals surface area contributed by atoms with Crippen molar-refractivity contribution in [2.45, 2.75) is 32.9 Å². The third-order valence-electron chi connectivity index (χ3n) is 4.92. The molecular weight excluding hydrogens is 370 g/mol. The first-order valence-electron chi connectivity index (χ1n) is 9.40. The van der Waals surface area contributed by atoms with Gasteiger partial charge in [-0.2, -0.15) is 0 Å². The van der Waals surface area contributed by atoms with E-state index in [4.69, 9.17) is 9.47 Å². The van der Waals surface area contributed by atoms with Gasteiger partial charge in [-0.15, -0.1) is 0 Å². The molecule has 3 aromatic rings. The molecule has 0 saturated carbocycles. The number of carbonyl (C=O) groups is 1. The van der Waals surface area contributed by atoms with Gasteiger partial charge in [0.05, 0.1) is 37.5 Å². The number of methoxy groups -OCH3 is 2. The van der Waals surface area contributed by atoms with Crippen LogP contribution in [0.4, 0.5) is 0 Å². The number of benzene rings is 2. The van der Waals surface area contributed by atoms with Gasteiger partial charge in [0, 0.05) is 18.5 Å². The molecule has 7 heteroatoms. The Labute approximate surface area is 169 Å². The van der Waals surface area contributed by atoms with Crippen LogP contribution in [0.5, 0.6) is 11.5 Å². The first kappa shape index (κ1) is 20.4. The number of aromatic nitrogens is 2. The Balaban J connectivity index is 1.70. The summed E-state index contributed by atoms with van der Waals surface area (Å²) < 4.78 is 12.1. The van der Waals surface area contributed by atoms with Crippen LogP contribution in [0.3, 0.4) is 0 Å². The lowest BCUT2D eigenvalue weighted by Gasteiger charge is -2.18. The smallest absolute Gasteiger partial charge is 0.261 e. The maximum atomic E-state index is 12.7. The number of nitrogens with one attached hydrogen (secondary N) is 1. The zero-order valence-electron chi connectivity index (χ0n) is 17.1. The Morgan fingerprint density at radius 1 is 1.21 bits per heavy atom. The summed E-state index contributed by atoms with van der Waals surface area (Å²) in [5.74, 6) is 1.19. The number of aryl methyl sites for hydroxylation is 2. The highest BCUT2D eigenvalue weighted by atomic mass is 16.5. The number of carbonyl (C=O) groups excluding carboxylic acids is 1. The minimum atomic E-state index is -0.276. The molecule has 0 spiro atoms. The van der Waals surface area contributed by atoms with E-state index in [0.29, 0.717) is 22.4 Å². The van der Waals surface area contributed by atoms with E-state index in [9.17, 15) is 9.59 Å². The summed E-state index contributed by atoms with van der Waals surface area (Å²) in [7, 11) is 3.17. The van der Waals surface area contributed by atoms with E-state index in [1.54, 1.807) is 32.4 Å². The van der Waals surface area contributed by atoms with Crippen molar-refractivity contribution in [1.82, 2.24) is 14.9 Å². The molecule has 0 aliphatic rings. The zero-order valence-corrected chi connectivity index (χ0v) is 17.1. The lowest BCUT2D eigenvalue weighted by atomic mass is 10.1. The van der Waals surface area contributed by atoms with E-state index in [0.717, 1.165) is 11.1 Å². The fourth-order valence-corrected chi connectivity index (χ4v) is 3.29. The molecule has 0 unspecified atom stereocenters. The van der Waals surface area contributed by atoms with Gasteiger partial charge in [-0.05, 0) is 43.7 Å². The molecule has 1 N–H and O–H groups in total. The lowest BCUT2D eigenvalue weighted by molar-refractivity contribution is -0.122. The van der Waals surface area contributed by atoms with Crippen LogP contribution in [0.2, 0.25) is 0 Å². The SMILES string of the molecule is COc1ccc(OC)c([C@H](C)NC(=O)CCn2cnc3c(C)cccc3c2=O)c1. The van der Waals surface area contributed by atoms with E-state index >= 15 is 0 Å². The van der Waals surface area contributed by atoms with Crippen molar-refractivity contribution in [1.29, 1.82) is 0 Å². The van der Waals surface area contributed by atoms with Crippen LogP contribution in [-0.2, 0) is 11.3 Å². The predicted molar refractivity (Wildman–Crippen MR) is 111 cm³/mol. The van der Waals surface area contributed by atoms with Crippen LogP contribution in [-0.4, -0.2) is 29.7 Å². The van der Waals surface area contributed by atoms with Gasteiger partial charge in [0.25, 0.3) is 5.56 Å². The van der Waals surface area contributed by atoms with Crippen LogP contribution in [0, 0.1) is 6.92 Å². The predicted octanol–water partition coefficient (Wildman–Crippen LogP) is 2.99. The molecule has 1 amide bonds. The van der Waals surface area contributed by atoms with Crippen molar-refractivity contribution >= 4 is 16.8 Å². The van der Waals surface area contributed by atoms with Crippen LogP contribution < -0.4 is 20.3 Å². The maximum Gasteiger partial charge on any atom is 0.261 e. The number of para-hydroxylation sites is 1. The topological polar surface area (TPSA) is 82.4 Å². The zero-order chi connectivity index (χ0) is 21.0. The van der Waals surface area contributed by atoms with E-state index in [1.165, 1.54) is 10.9 Å². The monoisotopic (exact) mass is 395 g/mol. The van der Waals surface area contributed by atoms with Crippen molar-refractivity contribution in [3.8, 4) is 11.5 Å². The van der Waals surface area contributed by atoms with Crippen molar-refractivity contribution < 1.29 is 14.3 Å². The van der Waals surface area contributed by atoms with Crippen LogP contribution in [0.1, 0.15) is 30.5 Å². The maximum absolute atomic E-state index is 12.7. The molecule has 1 aromatic heterocycles. The van der Waals surface area contributed by atoms with Crippen LogP contribution >= 0.6 is 0 Å². The average molecular weight is 395 g/mol. The molecular formula is C22H25N3O4. The number of ether oxygens (including phenoxy) is 2. The van der Waals surface area contributed by atoms with Gasteiger partial charge >= 0.3 is 0 Å². The Hall–Kier alpha value is -3.35. The summed E-state index contributed by atoms with van der Waals surface area (Å²) in [5.41, 5.74) is 2.32. The van der Waals surface area contributed by atoms with Gasteiger partial charge in [-0.3, -0.25) is 14.2 Å². The molecule has 2 aromatic carbocycles. The summed E-state index contributed by atoms with van der Waals surface area (Å²) in [6.45, 7) is 4.05. The molecule has 0 saturated heterocycles. The first-order valence-corrected chi connectivity index (χ1v) is 9.40. The number of hydrogen-bond donors (Lipinski definition) is 1. The Morgan fingerprint density at radius 3 is 2.72 bits per heavy atom. The van der Waals surface area contributed by atoms with E-state index in [-0.39, 0.29) is 30.5 Å². The number of nitrogens with zero attached hydrogens (tertiary/aromatic N) is 2. The average Bonchev–Trinajstić information content (AvgIpc) is 2.73. The van der Waals surface area contributed by atoms with Gasteiger partial charge in [0.1, 0.15) is 11.5 Å². The molecule has 0 bridgehead atoms.